The first-order valence-corrected chi connectivity index (χ1v) is 7.32. The molecular formula is C16H26N2. The van der Waals surface area contributed by atoms with Crippen LogP contribution in [-0.2, 0) is 12.8 Å². The molecule has 1 aromatic carbocycles. The van der Waals surface area contributed by atoms with Crippen LogP contribution in [0.5, 0.6) is 0 Å². The van der Waals surface area contributed by atoms with Crippen LogP contribution >= 0.6 is 0 Å². The molecule has 1 heterocycles. The van der Waals surface area contributed by atoms with Crippen LogP contribution < -0.4 is 5.32 Å². The molecule has 18 heavy (non-hydrogen) atoms. The van der Waals surface area contributed by atoms with Crippen LogP contribution in [0.25, 0.3) is 0 Å². The predicted octanol–water partition coefficient (Wildman–Crippen LogP) is 2.48. The third-order valence-electron chi connectivity index (χ3n) is 3.79. The third-order valence-corrected chi connectivity index (χ3v) is 3.79. The highest BCUT2D eigenvalue weighted by molar-refractivity contribution is 5.28. The van der Waals surface area contributed by atoms with E-state index in [1.807, 2.05) is 0 Å². The fourth-order valence-electron chi connectivity index (χ4n) is 2.74. The van der Waals surface area contributed by atoms with Gasteiger partial charge in [0.25, 0.3) is 0 Å². The summed E-state index contributed by atoms with van der Waals surface area (Å²) in [5, 5.41) is 3.58. The minimum atomic E-state index is 0.603. The Hall–Kier alpha value is -0.860. The molecule has 0 radical (unpaired) electrons. The number of nitrogens with one attached hydrogen (secondary N) is 1. The van der Waals surface area contributed by atoms with Gasteiger partial charge in [-0.15, -0.1) is 0 Å². The van der Waals surface area contributed by atoms with Crippen molar-refractivity contribution in [2.75, 3.05) is 26.2 Å². The van der Waals surface area contributed by atoms with E-state index in [1.165, 1.54) is 38.9 Å². The molecule has 2 nitrogen and oxygen atoms in total. The minimum Gasteiger partial charge on any atom is -0.313 e. The maximum atomic E-state index is 3.58. The lowest BCUT2D eigenvalue weighted by Crippen LogP contribution is -2.40. The van der Waals surface area contributed by atoms with Gasteiger partial charge in [0.1, 0.15) is 0 Å². The Morgan fingerprint density at radius 3 is 2.33 bits per heavy atom. The Balaban J connectivity index is 1.84. The van der Waals surface area contributed by atoms with Crippen LogP contribution in [0, 0.1) is 0 Å². The van der Waals surface area contributed by atoms with Gasteiger partial charge in [-0.3, -0.25) is 0 Å². The molecule has 0 aromatic heterocycles. The van der Waals surface area contributed by atoms with Crippen molar-refractivity contribution in [3.05, 3.63) is 35.4 Å². The van der Waals surface area contributed by atoms with Gasteiger partial charge in [-0.25, -0.2) is 0 Å². The monoisotopic (exact) mass is 246 g/mol. The zero-order valence-electron chi connectivity index (χ0n) is 11.8. The molecule has 2 rings (SSSR count). The van der Waals surface area contributed by atoms with Gasteiger partial charge < -0.3 is 10.2 Å². The average molecular weight is 246 g/mol. The average Bonchev–Trinajstić information content (AvgIpc) is 2.59. The quantitative estimate of drug-likeness (QED) is 0.858. The first-order chi connectivity index (χ1) is 8.79. The van der Waals surface area contributed by atoms with Crippen molar-refractivity contribution in [2.24, 2.45) is 0 Å². The van der Waals surface area contributed by atoms with E-state index in [2.05, 4.69) is 48.3 Å². The van der Waals surface area contributed by atoms with Crippen LogP contribution in [0.1, 0.15) is 31.4 Å². The summed E-state index contributed by atoms with van der Waals surface area (Å²) in [6.45, 7) is 9.24. The van der Waals surface area contributed by atoms with Gasteiger partial charge in [0.2, 0.25) is 0 Å². The second-order valence-electron chi connectivity index (χ2n) is 5.42. The first kappa shape index (κ1) is 13.6. The van der Waals surface area contributed by atoms with Gasteiger partial charge in [0.15, 0.2) is 0 Å². The molecule has 2 heteroatoms. The summed E-state index contributed by atoms with van der Waals surface area (Å²) in [6, 6.07) is 9.51. The maximum Gasteiger partial charge on any atom is 0.0166 e. The highest BCUT2D eigenvalue weighted by atomic mass is 15.1. The molecule has 0 bridgehead atoms. The minimum absolute atomic E-state index is 0.603. The lowest BCUT2D eigenvalue weighted by molar-refractivity contribution is 0.258. The summed E-state index contributed by atoms with van der Waals surface area (Å²) < 4.78 is 0. The zero-order valence-corrected chi connectivity index (χ0v) is 11.8. The van der Waals surface area contributed by atoms with E-state index in [9.17, 15) is 0 Å². The largest absolute Gasteiger partial charge is 0.313 e. The van der Waals surface area contributed by atoms with E-state index in [1.54, 1.807) is 11.1 Å². The molecule has 0 spiro atoms. The summed E-state index contributed by atoms with van der Waals surface area (Å²) >= 11 is 0. The van der Waals surface area contributed by atoms with Crippen molar-refractivity contribution in [3.63, 3.8) is 0 Å². The molecule has 1 aliphatic rings. The van der Waals surface area contributed by atoms with E-state index < -0.39 is 0 Å². The molecule has 1 N–H and O–H groups in total. The fraction of sp³-hybridized carbons (Fsp3) is 0.625. The van der Waals surface area contributed by atoms with Crippen molar-refractivity contribution in [1.29, 1.82) is 0 Å². The van der Waals surface area contributed by atoms with Crippen LogP contribution in [0.3, 0.4) is 0 Å². The van der Waals surface area contributed by atoms with Gasteiger partial charge in [0.05, 0.1) is 0 Å². The SMILES string of the molecule is CCCNC(C)CN1CCc2ccccc2CC1. The Morgan fingerprint density at radius 2 is 1.78 bits per heavy atom. The standard InChI is InChI=1S/C16H26N2/c1-3-10-17-14(2)13-18-11-8-15-6-4-5-7-16(15)9-12-18/h4-7,14,17H,3,8-13H2,1-2H3. The van der Waals surface area contributed by atoms with Crippen LogP contribution in [0.4, 0.5) is 0 Å². The van der Waals surface area contributed by atoms with Crippen molar-refractivity contribution >= 4 is 0 Å². The highest BCUT2D eigenvalue weighted by Gasteiger charge is 2.15. The van der Waals surface area contributed by atoms with E-state index >= 15 is 0 Å². The number of benzene rings is 1. The van der Waals surface area contributed by atoms with Crippen molar-refractivity contribution < 1.29 is 0 Å². The topological polar surface area (TPSA) is 15.3 Å². The van der Waals surface area contributed by atoms with Crippen molar-refractivity contribution in [2.45, 2.75) is 39.2 Å². The second kappa shape index (κ2) is 6.91. The van der Waals surface area contributed by atoms with Gasteiger partial charge in [-0.1, -0.05) is 31.2 Å². The first-order valence-electron chi connectivity index (χ1n) is 7.32. The van der Waals surface area contributed by atoms with Gasteiger partial charge >= 0.3 is 0 Å². The summed E-state index contributed by atoms with van der Waals surface area (Å²) in [4.78, 5) is 2.60. The van der Waals surface area contributed by atoms with Gasteiger partial charge in [0, 0.05) is 25.7 Å². The van der Waals surface area contributed by atoms with Crippen LogP contribution in [0.2, 0.25) is 0 Å². The number of rotatable bonds is 5. The molecule has 1 atom stereocenters. The Kier molecular flexibility index (Phi) is 5.21. The van der Waals surface area contributed by atoms with Crippen molar-refractivity contribution in [1.82, 2.24) is 10.2 Å². The second-order valence-corrected chi connectivity index (χ2v) is 5.42. The maximum absolute atomic E-state index is 3.58. The zero-order chi connectivity index (χ0) is 12.8. The molecule has 0 saturated carbocycles. The molecule has 1 unspecified atom stereocenters. The normalized spacial score (nSPS) is 18.1. The number of hydrogen-bond donors (Lipinski definition) is 1. The Labute approximate surface area is 111 Å². The molecule has 100 valence electrons. The fourth-order valence-corrected chi connectivity index (χ4v) is 2.74. The van der Waals surface area contributed by atoms with Gasteiger partial charge in [-0.2, -0.15) is 0 Å². The number of hydrogen-bond acceptors (Lipinski definition) is 2. The highest BCUT2D eigenvalue weighted by Crippen LogP contribution is 2.15. The molecule has 1 aliphatic heterocycles. The van der Waals surface area contributed by atoms with Crippen LogP contribution in [0.15, 0.2) is 24.3 Å². The molecular weight excluding hydrogens is 220 g/mol. The molecule has 0 fully saturated rings. The lowest BCUT2D eigenvalue weighted by Gasteiger charge is -2.24. The smallest absolute Gasteiger partial charge is 0.0166 e. The third kappa shape index (κ3) is 3.82. The Morgan fingerprint density at radius 1 is 1.17 bits per heavy atom. The number of fused-ring (bicyclic) bond motifs is 1. The molecule has 0 aliphatic carbocycles. The van der Waals surface area contributed by atoms with E-state index in [0.717, 1.165) is 6.54 Å². The van der Waals surface area contributed by atoms with Gasteiger partial charge in [-0.05, 0) is 43.9 Å². The summed E-state index contributed by atoms with van der Waals surface area (Å²) in [7, 11) is 0. The predicted molar refractivity (Wildman–Crippen MR) is 78.0 cm³/mol. The Bertz CT molecular complexity index is 335. The molecule has 1 aromatic rings. The summed E-state index contributed by atoms with van der Waals surface area (Å²) in [6.07, 6.45) is 3.63. The van der Waals surface area contributed by atoms with E-state index in [4.69, 9.17) is 0 Å². The summed E-state index contributed by atoms with van der Waals surface area (Å²) in [5.74, 6) is 0. The molecule has 0 saturated heterocycles. The van der Waals surface area contributed by atoms with Crippen LogP contribution in [-0.4, -0.2) is 37.1 Å². The van der Waals surface area contributed by atoms with Crippen molar-refractivity contribution in [3.8, 4) is 0 Å². The summed E-state index contributed by atoms with van der Waals surface area (Å²) in [5.41, 5.74) is 3.10. The number of nitrogens with zero attached hydrogens (tertiary/aromatic N) is 1. The molecule has 0 amide bonds. The lowest BCUT2D eigenvalue weighted by atomic mass is 10.0. The van der Waals surface area contributed by atoms with E-state index in [-0.39, 0.29) is 0 Å². The van der Waals surface area contributed by atoms with E-state index in [0.29, 0.717) is 6.04 Å².